The van der Waals surface area contributed by atoms with Gasteiger partial charge in [0.05, 0.1) is 11.4 Å². The standard InChI is InChI=1S/C15H23N5/c1-5-7-13-18-14(11(3)15(16-4)19-13)12-8-9-17-20(12)10-6-2/h8-9H,5-7,10H2,1-4H3,(H,16,18,19). The minimum absolute atomic E-state index is 0.890. The van der Waals surface area contributed by atoms with Crippen LogP contribution in [0, 0.1) is 6.92 Å². The molecule has 0 aliphatic carbocycles. The van der Waals surface area contributed by atoms with E-state index in [2.05, 4.69) is 36.2 Å². The summed E-state index contributed by atoms with van der Waals surface area (Å²) in [5.74, 6) is 1.80. The minimum atomic E-state index is 0.890. The molecule has 0 saturated heterocycles. The van der Waals surface area contributed by atoms with E-state index in [1.165, 1.54) is 0 Å². The lowest BCUT2D eigenvalue weighted by Gasteiger charge is -2.13. The molecule has 0 aliphatic rings. The zero-order valence-electron chi connectivity index (χ0n) is 12.8. The number of rotatable bonds is 6. The Balaban J connectivity index is 2.53. The van der Waals surface area contributed by atoms with E-state index < -0.39 is 0 Å². The summed E-state index contributed by atoms with van der Waals surface area (Å²) < 4.78 is 2.02. The first-order chi connectivity index (χ1) is 9.71. The number of nitrogens with zero attached hydrogens (tertiary/aromatic N) is 4. The molecule has 0 aliphatic heterocycles. The summed E-state index contributed by atoms with van der Waals surface area (Å²) in [6, 6.07) is 2.03. The van der Waals surface area contributed by atoms with Crippen molar-refractivity contribution < 1.29 is 0 Å². The number of anilines is 1. The average Bonchev–Trinajstić information content (AvgIpc) is 2.89. The second-order valence-corrected chi connectivity index (χ2v) is 4.90. The molecule has 0 fully saturated rings. The molecule has 5 nitrogen and oxygen atoms in total. The Labute approximate surface area is 120 Å². The van der Waals surface area contributed by atoms with Crippen molar-refractivity contribution in [2.75, 3.05) is 12.4 Å². The molecule has 1 N–H and O–H groups in total. The molecule has 2 heterocycles. The lowest BCUT2D eigenvalue weighted by atomic mass is 10.1. The van der Waals surface area contributed by atoms with Crippen LogP contribution in [0.15, 0.2) is 12.3 Å². The minimum Gasteiger partial charge on any atom is -0.373 e. The summed E-state index contributed by atoms with van der Waals surface area (Å²) >= 11 is 0. The Bertz CT molecular complexity index is 574. The third-order valence-corrected chi connectivity index (χ3v) is 3.30. The van der Waals surface area contributed by atoms with Crippen molar-refractivity contribution in [1.29, 1.82) is 0 Å². The highest BCUT2D eigenvalue weighted by Crippen LogP contribution is 2.26. The molecule has 0 aromatic carbocycles. The number of hydrogen-bond acceptors (Lipinski definition) is 4. The van der Waals surface area contributed by atoms with Gasteiger partial charge in [-0.1, -0.05) is 13.8 Å². The van der Waals surface area contributed by atoms with Crippen molar-refractivity contribution in [3.05, 3.63) is 23.7 Å². The van der Waals surface area contributed by atoms with Gasteiger partial charge in [-0.25, -0.2) is 9.97 Å². The van der Waals surface area contributed by atoms with Gasteiger partial charge >= 0.3 is 0 Å². The first kappa shape index (κ1) is 14.5. The van der Waals surface area contributed by atoms with Crippen LogP contribution in [0.25, 0.3) is 11.4 Å². The van der Waals surface area contributed by atoms with Crippen LogP contribution in [0.2, 0.25) is 0 Å². The van der Waals surface area contributed by atoms with Gasteiger partial charge in [-0.05, 0) is 25.8 Å². The van der Waals surface area contributed by atoms with Gasteiger partial charge in [-0.2, -0.15) is 5.10 Å². The van der Waals surface area contributed by atoms with Gasteiger partial charge in [0.1, 0.15) is 11.6 Å². The van der Waals surface area contributed by atoms with E-state index in [9.17, 15) is 0 Å². The first-order valence-corrected chi connectivity index (χ1v) is 7.28. The molecule has 0 saturated carbocycles. The zero-order valence-corrected chi connectivity index (χ0v) is 12.8. The van der Waals surface area contributed by atoms with Crippen molar-refractivity contribution in [1.82, 2.24) is 19.7 Å². The van der Waals surface area contributed by atoms with Gasteiger partial charge in [0.25, 0.3) is 0 Å². The molecule has 108 valence electrons. The van der Waals surface area contributed by atoms with Gasteiger partial charge < -0.3 is 5.32 Å². The summed E-state index contributed by atoms with van der Waals surface area (Å²) in [5, 5.41) is 7.56. The van der Waals surface area contributed by atoms with Crippen LogP contribution >= 0.6 is 0 Å². The van der Waals surface area contributed by atoms with Crippen LogP contribution in [0.3, 0.4) is 0 Å². The number of aromatic nitrogens is 4. The topological polar surface area (TPSA) is 55.6 Å². The normalized spacial score (nSPS) is 10.8. The van der Waals surface area contributed by atoms with Gasteiger partial charge in [-0.3, -0.25) is 4.68 Å². The molecule has 0 unspecified atom stereocenters. The Morgan fingerprint density at radius 3 is 2.65 bits per heavy atom. The van der Waals surface area contributed by atoms with Gasteiger partial charge in [-0.15, -0.1) is 0 Å². The van der Waals surface area contributed by atoms with E-state index in [1.54, 1.807) is 0 Å². The fourth-order valence-corrected chi connectivity index (χ4v) is 2.31. The number of nitrogens with one attached hydrogen (secondary N) is 1. The molecule has 0 amide bonds. The van der Waals surface area contributed by atoms with Crippen molar-refractivity contribution in [3.63, 3.8) is 0 Å². The maximum atomic E-state index is 4.74. The summed E-state index contributed by atoms with van der Waals surface area (Å²) in [6.45, 7) is 7.26. The summed E-state index contributed by atoms with van der Waals surface area (Å²) in [7, 11) is 1.90. The molecule has 5 heteroatoms. The van der Waals surface area contributed by atoms with E-state index in [4.69, 9.17) is 4.98 Å². The van der Waals surface area contributed by atoms with Gasteiger partial charge in [0, 0.05) is 31.8 Å². The fraction of sp³-hybridized carbons (Fsp3) is 0.533. The molecular formula is C15H23N5. The third kappa shape index (κ3) is 2.81. The maximum absolute atomic E-state index is 4.74. The van der Waals surface area contributed by atoms with E-state index in [0.29, 0.717) is 0 Å². The molecular weight excluding hydrogens is 250 g/mol. The largest absolute Gasteiger partial charge is 0.373 e. The van der Waals surface area contributed by atoms with Crippen LogP contribution in [0.4, 0.5) is 5.82 Å². The molecule has 2 aromatic rings. The smallest absolute Gasteiger partial charge is 0.133 e. The van der Waals surface area contributed by atoms with Gasteiger partial charge in [0.2, 0.25) is 0 Å². The monoisotopic (exact) mass is 273 g/mol. The van der Waals surface area contributed by atoms with Crippen LogP contribution in [0.1, 0.15) is 38.1 Å². The fourth-order valence-electron chi connectivity index (χ4n) is 2.31. The predicted octanol–water partition coefficient (Wildman–Crippen LogP) is 3.05. The highest BCUT2D eigenvalue weighted by Gasteiger charge is 2.14. The molecule has 20 heavy (non-hydrogen) atoms. The second kappa shape index (κ2) is 6.50. The molecule has 0 spiro atoms. The summed E-state index contributed by atoms with van der Waals surface area (Å²) in [6.07, 6.45) is 4.83. The maximum Gasteiger partial charge on any atom is 0.133 e. The quantitative estimate of drug-likeness (QED) is 0.879. The van der Waals surface area contributed by atoms with Crippen molar-refractivity contribution in [2.24, 2.45) is 0 Å². The van der Waals surface area contributed by atoms with Crippen molar-refractivity contribution in [2.45, 2.75) is 46.6 Å². The third-order valence-electron chi connectivity index (χ3n) is 3.30. The zero-order chi connectivity index (χ0) is 14.5. The predicted molar refractivity (Wildman–Crippen MR) is 81.8 cm³/mol. The lowest BCUT2D eigenvalue weighted by molar-refractivity contribution is 0.607. The summed E-state index contributed by atoms with van der Waals surface area (Å²) in [4.78, 5) is 9.32. The molecule has 0 atom stereocenters. The highest BCUT2D eigenvalue weighted by molar-refractivity contribution is 5.65. The first-order valence-electron chi connectivity index (χ1n) is 7.28. The Kier molecular flexibility index (Phi) is 4.71. The molecule has 2 aromatic heterocycles. The summed E-state index contributed by atoms with van der Waals surface area (Å²) in [5.41, 5.74) is 3.13. The van der Waals surface area contributed by atoms with Crippen LogP contribution in [-0.4, -0.2) is 26.8 Å². The molecule has 2 rings (SSSR count). The van der Waals surface area contributed by atoms with Gasteiger partial charge in [0.15, 0.2) is 0 Å². The van der Waals surface area contributed by atoms with E-state index >= 15 is 0 Å². The Morgan fingerprint density at radius 2 is 2.00 bits per heavy atom. The molecule has 0 bridgehead atoms. The van der Waals surface area contributed by atoms with Crippen LogP contribution in [0.5, 0.6) is 0 Å². The average molecular weight is 273 g/mol. The Morgan fingerprint density at radius 1 is 1.20 bits per heavy atom. The van der Waals surface area contributed by atoms with E-state index in [0.717, 1.165) is 54.4 Å². The second-order valence-electron chi connectivity index (χ2n) is 4.90. The van der Waals surface area contributed by atoms with Crippen molar-refractivity contribution in [3.8, 4) is 11.4 Å². The number of hydrogen-bond donors (Lipinski definition) is 1. The highest BCUT2D eigenvalue weighted by atomic mass is 15.3. The van der Waals surface area contributed by atoms with Crippen molar-refractivity contribution >= 4 is 5.82 Å². The van der Waals surface area contributed by atoms with Crippen LogP contribution in [-0.2, 0) is 13.0 Å². The Hall–Kier alpha value is -1.91. The lowest BCUT2D eigenvalue weighted by Crippen LogP contribution is -2.08. The SMILES string of the molecule is CCCc1nc(NC)c(C)c(-c2ccnn2CCC)n1. The van der Waals surface area contributed by atoms with Crippen LogP contribution < -0.4 is 5.32 Å². The number of aryl methyl sites for hydroxylation is 2. The van der Waals surface area contributed by atoms with E-state index in [1.807, 2.05) is 24.0 Å². The van der Waals surface area contributed by atoms with E-state index in [-0.39, 0.29) is 0 Å². The molecule has 0 radical (unpaired) electrons.